The van der Waals surface area contributed by atoms with Crippen molar-refractivity contribution in [3.05, 3.63) is 39.9 Å². The maximum absolute atomic E-state index is 10.8. The average Bonchev–Trinajstić information content (AvgIpc) is 2.57. The van der Waals surface area contributed by atoms with E-state index >= 15 is 0 Å². The first kappa shape index (κ1) is 12.8. The van der Waals surface area contributed by atoms with Crippen LogP contribution in [0.3, 0.4) is 0 Å². The van der Waals surface area contributed by atoms with Crippen LogP contribution in [0.15, 0.2) is 22.9 Å². The quantitative estimate of drug-likeness (QED) is 0.944. The van der Waals surface area contributed by atoms with Crippen LogP contribution in [0.5, 0.6) is 0 Å². The number of nitrogens with zero attached hydrogens (tertiary/aromatic N) is 3. The third-order valence-electron chi connectivity index (χ3n) is 2.75. The van der Waals surface area contributed by atoms with Crippen molar-refractivity contribution in [2.45, 2.75) is 20.3 Å². The smallest absolute Gasteiger partial charge is 0.307 e. The highest BCUT2D eigenvalue weighted by molar-refractivity contribution is 9.10. The Kier molecular flexibility index (Phi) is 3.47. The van der Waals surface area contributed by atoms with E-state index in [9.17, 15) is 4.79 Å². The summed E-state index contributed by atoms with van der Waals surface area (Å²) in [7, 11) is 0. The number of carboxylic acid groups (broad SMARTS) is 1. The van der Waals surface area contributed by atoms with Crippen molar-refractivity contribution in [3.63, 3.8) is 0 Å². The fourth-order valence-corrected chi connectivity index (χ4v) is 2.27. The Morgan fingerprint density at radius 2 is 2.22 bits per heavy atom. The topological polar surface area (TPSA) is 68.0 Å². The maximum atomic E-state index is 10.8. The van der Waals surface area contributed by atoms with E-state index in [4.69, 9.17) is 5.11 Å². The van der Waals surface area contributed by atoms with Crippen molar-refractivity contribution in [2.24, 2.45) is 0 Å². The Labute approximate surface area is 113 Å². The fourth-order valence-electron chi connectivity index (χ4n) is 1.86. The molecular formula is C12H12BrN3O2. The lowest BCUT2D eigenvalue weighted by Gasteiger charge is -2.06. The number of carboxylic acids is 1. The van der Waals surface area contributed by atoms with Gasteiger partial charge in [0.15, 0.2) is 0 Å². The van der Waals surface area contributed by atoms with Gasteiger partial charge in [0, 0.05) is 23.7 Å². The standard InChI is InChI=1S/C12H12BrN3O2/c1-7-9(5-12(17)18)8(2)16(15-7)11-3-4-14-6-10(11)13/h3-4,6H,5H2,1-2H3,(H,17,18). The van der Waals surface area contributed by atoms with Gasteiger partial charge in [-0.25, -0.2) is 4.68 Å². The van der Waals surface area contributed by atoms with Crippen LogP contribution in [-0.2, 0) is 11.2 Å². The Morgan fingerprint density at radius 3 is 2.83 bits per heavy atom. The number of aliphatic carboxylic acids is 1. The van der Waals surface area contributed by atoms with Crippen LogP contribution in [0, 0.1) is 13.8 Å². The minimum atomic E-state index is -0.852. The third kappa shape index (κ3) is 2.28. The first-order chi connectivity index (χ1) is 8.50. The lowest BCUT2D eigenvalue weighted by atomic mass is 10.1. The second-order valence-corrected chi connectivity index (χ2v) is 4.81. The Balaban J connectivity index is 2.54. The monoisotopic (exact) mass is 309 g/mol. The molecule has 0 aromatic carbocycles. The zero-order chi connectivity index (χ0) is 13.3. The summed E-state index contributed by atoms with van der Waals surface area (Å²) in [5.74, 6) is -0.852. The molecule has 0 aliphatic rings. The van der Waals surface area contributed by atoms with Crippen LogP contribution < -0.4 is 0 Å². The number of halogens is 1. The third-order valence-corrected chi connectivity index (χ3v) is 3.36. The molecule has 2 aromatic rings. The molecule has 2 heterocycles. The predicted octanol–water partition coefficient (Wildman–Crippen LogP) is 2.27. The van der Waals surface area contributed by atoms with Gasteiger partial charge in [-0.15, -0.1) is 0 Å². The van der Waals surface area contributed by atoms with Gasteiger partial charge in [-0.3, -0.25) is 9.78 Å². The van der Waals surface area contributed by atoms with Gasteiger partial charge in [0.2, 0.25) is 0 Å². The highest BCUT2D eigenvalue weighted by Crippen LogP contribution is 2.23. The number of hydrogen-bond acceptors (Lipinski definition) is 3. The summed E-state index contributed by atoms with van der Waals surface area (Å²) in [5, 5.41) is 13.3. The second-order valence-electron chi connectivity index (χ2n) is 3.96. The minimum Gasteiger partial charge on any atom is -0.481 e. The summed E-state index contributed by atoms with van der Waals surface area (Å²) in [5.41, 5.74) is 3.17. The first-order valence-corrected chi connectivity index (χ1v) is 6.16. The van der Waals surface area contributed by atoms with E-state index in [0.29, 0.717) is 0 Å². The van der Waals surface area contributed by atoms with Crippen molar-refractivity contribution in [3.8, 4) is 5.69 Å². The van der Waals surface area contributed by atoms with Gasteiger partial charge in [-0.2, -0.15) is 5.10 Å². The van der Waals surface area contributed by atoms with Gasteiger partial charge >= 0.3 is 5.97 Å². The molecule has 2 aromatic heterocycles. The molecule has 0 atom stereocenters. The number of hydrogen-bond donors (Lipinski definition) is 1. The Bertz CT molecular complexity index is 607. The summed E-state index contributed by atoms with van der Waals surface area (Å²) in [6.07, 6.45) is 3.34. The van der Waals surface area contributed by atoms with Crippen molar-refractivity contribution in [1.82, 2.24) is 14.8 Å². The van der Waals surface area contributed by atoms with Crippen LogP contribution in [0.1, 0.15) is 17.0 Å². The van der Waals surface area contributed by atoms with Gasteiger partial charge in [0.05, 0.1) is 22.3 Å². The van der Waals surface area contributed by atoms with Gasteiger partial charge < -0.3 is 5.11 Å². The highest BCUT2D eigenvalue weighted by Gasteiger charge is 2.16. The molecule has 94 valence electrons. The van der Waals surface area contributed by atoms with Crippen molar-refractivity contribution in [1.29, 1.82) is 0 Å². The number of pyridine rings is 1. The first-order valence-electron chi connectivity index (χ1n) is 5.37. The van der Waals surface area contributed by atoms with Crippen molar-refractivity contribution >= 4 is 21.9 Å². The summed E-state index contributed by atoms with van der Waals surface area (Å²) in [6.45, 7) is 3.68. The predicted molar refractivity (Wildman–Crippen MR) is 69.9 cm³/mol. The average molecular weight is 310 g/mol. The number of aromatic nitrogens is 3. The van der Waals surface area contributed by atoms with Crippen LogP contribution in [0.4, 0.5) is 0 Å². The van der Waals surface area contributed by atoms with Crippen LogP contribution in [-0.4, -0.2) is 25.8 Å². The molecule has 0 aliphatic heterocycles. The van der Waals surface area contributed by atoms with Gasteiger partial charge in [0.1, 0.15) is 0 Å². The Morgan fingerprint density at radius 1 is 1.50 bits per heavy atom. The summed E-state index contributed by atoms with van der Waals surface area (Å²) in [4.78, 5) is 14.8. The molecule has 0 radical (unpaired) electrons. The molecule has 1 N–H and O–H groups in total. The molecule has 0 saturated carbocycles. The van der Waals surface area contributed by atoms with E-state index in [1.807, 2.05) is 19.9 Å². The minimum absolute atomic E-state index is 0.0135. The molecule has 0 amide bonds. The summed E-state index contributed by atoms with van der Waals surface area (Å²) < 4.78 is 2.55. The van der Waals surface area contributed by atoms with Crippen LogP contribution in [0.25, 0.3) is 5.69 Å². The SMILES string of the molecule is Cc1nn(-c2ccncc2Br)c(C)c1CC(=O)O. The van der Waals surface area contributed by atoms with E-state index in [1.54, 1.807) is 17.1 Å². The number of carbonyl (C=O) groups is 1. The van der Waals surface area contributed by atoms with E-state index in [2.05, 4.69) is 26.0 Å². The van der Waals surface area contributed by atoms with Crippen LogP contribution >= 0.6 is 15.9 Å². The van der Waals surface area contributed by atoms with Gasteiger partial charge in [-0.1, -0.05) is 0 Å². The van der Waals surface area contributed by atoms with E-state index < -0.39 is 5.97 Å². The van der Waals surface area contributed by atoms with E-state index in [0.717, 1.165) is 27.1 Å². The molecule has 18 heavy (non-hydrogen) atoms. The van der Waals surface area contributed by atoms with Crippen molar-refractivity contribution in [2.75, 3.05) is 0 Å². The molecule has 5 nitrogen and oxygen atoms in total. The second kappa shape index (κ2) is 4.89. The number of rotatable bonds is 3. The van der Waals surface area contributed by atoms with E-state index in [-0.39, 0.29) is 6.42 Å². The Hall–Kier alpha value is -1.69. The maximum Gasteiger partial charge on any atom is 0.307 e. The molecular weight excluding hydrogens is 298 g/mol. The molecule has 0 unspecified atom stereocenters. The van der Waals surface area contributed by atoms with Crippen molar-refractivity contribution < 1.29 is 9.90 Å². The molecule has 2 rings (SSSR count). The van der Waals surface area contributed by atoms with Gasteiger partial charge in [-0.05, 0) is 35.8 Å². The normalized spacial score (nSPS) is 10.6. The molecule has 0 saturated heterocycles. The molecule has 0 aliphatic carbocycles. The van der Waals surface area contributed by atoms with Crippen LogP contribution in [0.2, 0.25) is 0 Å². The lowest BCUT2D eigenvalue weighted by molar-refractivity contribution is -0.136. The lowest BCUT2D eigenvalue weighted by Crippen LogP contribution is -2.04. The largest absolute Gasteiger partial charge is 0.481 e. The zero-order valence-corrected chi connectivity index (χ0v) is 11.6. The molecule has 6 heteroatoms. The summed E-state index contributed by atoms with van der Waals surface area (Å²) >= 11 is 3.41. The van der Waals surface area contributed by atoms with Gasteiger partial charge in [0.25, 0.3) is 0 Å². The molecule has 0 bridgehead atoms. The zero-order valence-electron chi connectivity index (χ0n) is 10.0. The summed E-state index contributed by atoms with van der Waals surface area (Å²) in [6, 6.07) is 1.83. The number of aryl methyl sites for hydroxylation is 1. The molecule has 0 spiro atoms. The molecule has 0 fully saturated rings. The van der Waals surface area contributed by atoms with E-state index in [1.165, 1.54) is 0 Å². The highest BCUT2D eigenvalue weighted by atomic mass is 79.9. The fraction of sp³-hybridized carbons (Fsp3) is 0.250.